The highest BCUT2D eigenvalue weighted by atomic mass is 35.5. The molecule has 0 aliphatic heterocycles. The van der Waals surface area contributed by atoms with E-state index in [1.54, 1.807) is 72.8 Å². The predicted octanol–water partition coefficient (Wildman–Crippen LogP) is 7.50. The summed E-state index contributed by atoms with van der Waals surface area (Å²) >= 11 is 7.07. The van der Waals surface area contributed by atoms with Gasteiger partial charge in [-0.15, -0.1) is 11.3 Å². The van der Waals surface area contributed by atoms with E-state index in [1.807, 2.05) is 6.07 Å². The Labute approximate surface area is 220 Å². The lowest BCUT2D eigenvalue weighted by Gasteiger charge is -2.19. The topological polar surface area (TPSA) is 97.0 Å². The van der Waals surface area contributed by atoms with Crippen molar-refractivity contribution in [1.82, 2.24) is 0 Å². The fourth-order valence-electron chi connectivity index (χ4n) is 3.81. The minimum atomic E-state index is -1.31. The molecule has 184 valence electrons. The number of amides is 2. The van der Waals surface area contributed by atoms with Crippen LogP contribution in [-0.2, 0) is 11.3 Å². The van der Waals surface area contributed by atoms with Crippen LogP contribution >= 0.6 is 22.9 Å². The van der Waals surface area contributed by atoms with Crippen LogP contribution < -0.4 is 4.90 Å². The first kappa shape index (κ1) is 24.3. The van der Waals surface area contributed by atoms with Gasteiger partial charge in [0.1, 0.15) is 17.8 Å². The zero-order valence-corrected chi connectivity index (χ0v) is 20.7. The second-order valence-electron chi connectivity index (χ2n) is 7.97. The van der Waals surface area contributed by atoms with Crippen molar-refractivity contribution >= 4 is 57.6 Å². The third kappa shape index (κ3) is 4.97. The van der Waals surface area contributed by atoms with E-state index in [9.17, 15) is 19.5 Å². The van der Waals surface area contributed by atoms with E-state index in [2.05, 4.69) is 0 Å². The van der Waals surface area contributed by atoms with Crippen molar-refractivity contribution < 1.29 is 28.6 Å². The first-order valence-electron chi connectivity index (χ1n) is 11.1. The molecule has 3 aromatic carbocycles. The average molecular weight is 532 g/mol. The first-order chi connectivity index (χ1) is 17.9. The third-order valence-electron chi connectivity index (χ3n) is 5.56. The summed E-state index contributed by atoms with van der Waals surface area (Å²) in [6, 6.07) is 24.1. The van der Waals surface area contributed by atoms with Crippen LogP contribution in [0, 0.1) is 0 Å². The fraction of sp³-hybridized carbons (Fsp3) is 0.0357. The Kier molecular flexibility index (Phi) is 6.76. The Morgan fingerprint density at radius 1 is 0.946 bits per heavy atom. The van der Waals surface area contributed by atoms with Gasteiger partial charge in [-0.3, -0.25) is 4.79 Å². The number of carboxylic acids is 1. The number of hydrogen-bond donors (Lipinski definition) is 1. The Morgan fingerprint density at radius 3 is 2.35 bits per heavy atom. The Hall–Kier alpha value is -4.40. The Balaban J connectivity index is 1.58. The van der Waals surface area contributed by atoms with Gasteiger partial charge in [0.2, 0.25) is 0 Å². The summed E-state index contributed by atoms with van der Waals surface area (Å²) in [5, 5.41) is 12.7. The number of anilines is 1. The number of benzene rings is 3. The number of carbonyl (C=O) groups is 3. The number of fused-ring (bicyclic) bond motifs is 1. The van der Waals surface area contributed by atoms with Crippen LogP contribution in [0.4, 0.5) is 10.5 Å². The van der Waals surface area contributed by atoms with Crippen molar-refractivity contribution in [2.75, 3.05) is 4.90 Å². The van der Waals surface area contributed by atoms with Gasteiger partial charge in [-0.1, -0.05) is 72.3 Å². The standard InChI is InChI=1S/C28H18ClNO6S/c29-20-12-10-18(11-13-20)25-24(27(32)33)21(16-37-25)30(28(34)35-15-17-6-2-1-3-7-17)26(31)23-14-19-8-4-5-9-22(19)36-23/h1-14,16H,15H2,(H,32,33). The molecular formula is C28H18ClNO6S. The maximum atomic E-state index is 13.7. The molecule has 37 heavy (non-hydrogen) atoms. The van der Waals surface area contributed by atoms with E-state index >= 15 is 0 Å². The second kappa shape index (κ2) is 10.3. The number of thiophene rings is 1. The van der Waals surface area contributed by atoms with Crippen LogP contribution in [-0.4, -0.2) is 23.1 Å². The number of ether oxygens (including phenoxy) is 1. The molecule has 0 saturated heterocycles. The van der Waals surface area contributed by atoms with Crippen molar-refractivity contribution in [2.45, 2.75) is 6.61 Å². The number of carbonyl (C=O) groups excluding carboxylic acids is 2. The van der Waals surface area contributed by atoms with Gasteiger partial charge in [-0.2, -0.15) is 0 Å². The normalized spacial score (nSPS) is 10.8. The molecule has 0 fully saturated rings. The average Bonchev–Trinajstić information content (AvgIpc) is 3.54. The highest BCUT2D eigenvalue weighted by Crippen LogP contribution is 2.39. The molecule has 1 N–H and O–H groups in total. The minimum absolute atomic E-state index is 0.111. The van der Waals surface area contributed by atoms with Crippen LogP contribution in [0.5, 0.6) is 0 Å². The summed E-state index contributed by atoms with van der Waals surface area (Å²) in [6.07, 6.45) is -1.03. The lowest BCUT2D eigenvalue weighted by molar-refractivity contribution is 0.0699. The van der Waals surface area contributed by atoms with E-state index in [0.29, 0.717) is 36.9 Å². The Bertz CT molecular complexity index is 1570. The molecule has 5 aromatic rings. The molecule has 5 rings (SSSR count). The highest BCUT2D eigenvalue weighted by Gasteiger charge is 2.34. The SMILES string of the molecule is O=C(O)c1c(N(C(=O)OCc2ccccc2)C(=O)c2cc3ccccc3o2)csc1-c1ccc(Cl)cc1. The number of hydrogen-bond acceptors (Lipinski definition) is 6. The maximum absolute atomic E-state index is 13.7. The molecule has 0 aliphatic carbocycles. The van der Waals surface area contributed by atoms with Gasteiger partial charge in [-0.25, -0.2) is 14.5 Å². The van der Waals surface area contributed by atoms with Gasteiger partial charge in [0.15, 0.2) is 5.76 Å². The van der Waals surface area contributed by atoms with Crippen molar-refractivity contribution in [2.24, 2.45) is 0 Å². The number of nitrogens with zero attached hydrogens (tertiary/aromatic N) is 1. The summed E-state index contributed by atoms with van der Waals surface area (Å²) in [4.78, 5) is 40.5. The number of para-hydroxylation sites is 1. The van der Waals surface area contributed by atoms with Crippen molar-refractivity contribution in [1.29, 1.82) is 0 Å². The molecule has 2 heterocycles. The van der Waals surface area contributed by atoms with Crippen LogP contribution in [0.1, 0.15) is 26.5 Å². The van der Waals surface area contributed by atoms with E-state index in [4.69, 9.17) is 20.8 Å². The largest absolute Gasteiger partial charge is 0.478 e. The predicted molar refractivity (Wildman–Crippen MR) is 141 cm³/mol. The summed E-state index contributed by atoms with van der Waals surface area (Å²) in [7, 11) is 0. The zero-order chi connectivity index (χ0) is 25.9. The Morgan fingerprint density at radius 2 is 1.65 bits per heavy atom. The summed E-state index contributed by atoms with van der Waals surface area (Å²) in [5.41, 5.74) is 1.40. The number of carboxylic acid groups (broad SMARTS) is 1. The fourth-order valence-corrected chi connectivity index (χ4v) is 4.97. The summed E-state index contributed by atoms with van der Waals surface area (Å²) in [6.45, 7) is -0.111. The molecule has 7 nitrogen and oxygen atoms in total. The quantitative estimate of drug-likeness (QED) is 0.244. The van der Waals surface area contributed by atoms with Gasteiger partial charge in [0, 0.05) is 15.8 Å². The number of rotatable bonds is 6. The lowest BCUT2D eigenvalue weighted by Crippen LogP contribution is -2.38. The molecule has 0 radical (unpaired) electrons. The monoisotopic (exact) mass is 531 g/mol. The van der Waals surface area contributed by atoms with E-state index < -0.39 is 18.0 Å². The van der Waals surface area contributed by atoms with Gasteiger partial charge in [-0.05, 0) is 35.4 Å². The van der Waals surface area contributed by atoms with E-state index in [1.165, 1.54) is 11.4 Å². The van der Waals surface area contributed by atoms with Crippen LogP contribution in [0.2, 0.25) is 5.02 Å². The van der Waals surface area contributed by atoms with Gasteiger partial charge in [0.05, 0.1) is 10.6 Å². The molecule has 0 bridgehead atoms. The van der Waals surface area contributed by atoms with Gasteiger partial charge in [0.25, 0.3) is 0 Å². The van der Waals surface area contributed by atoms with E-state index in [0.717, 1.165) is 11.3 Å². The van der Waals surface area contributed by atoms with E-state index in [-0.39, 0.29) is 23.6 Å². The summed E-state index contributed by atoms with van der Waals surface area (Å²) < 4.78 is 11.1. The molecule has 2 aromatic heterocycles. The maximum Gasteiger partial charge on any atom is 0.421 e. The van der Waals surface area contributed by atoms with Crippen molar-refractivity contribution in [3.05, 3.63) is 112 Å². The molecule has 0 unspecified atom stereocenters. The smallest absolute Gasteiger partial charge is 0.421 e. The second-order valence-corrected chi connectivity index (χ2v) is 9.28. The number of halogens is 1. The minimum Gasteiger partial charge on any atom is -0.478 e. The van der Waals surface area contributed by atoms with Crippen LogP contribution in [0.25, 0.3) is 21.4 Å². The number of imide groups is 1. The van der Waals surface area contributed by atoms with Crippen LogP contribution in [0.3, 0.4) is 0 Å². The van der Waals surface area contributed by atoms with Crippen molar-refractivity contribution in [3.8, 4) is 10.4 Å². The number of aromatic carboxylic acids is 1. The van der Waals surface area contributed by atoms with Crippen LogP contribution in [0.15, 0.2) is 94.7 Å². The third-order valence-corrected chi connectivity index (χ3v) is 6.83. The molecule has 0 saturated carbocycles. The molecular weight excluding hydrogens is 514 g/mol. The molecule has 9 heteroatoms. The highest BCUT2D eigenvalue weighted by molar-refractivity contribution is 7.14. The first-order valence-corrected chi connectivity index (χ1v) is 12.3. The van der Waals surface area contributed by atoms with Gasteiger partial charge >= 0.3 is 18.0 Å². The lowest BCUT2D eigenvalue weighted by atomic mass is 10.1. The van der Waals surface area contributed by atoms with Gasteiger partial charge < -0.3 is 14.3 Å². The molecule has 0 spiro atoms. The molecule has 0 aliphatic rings. The molecule has 0 atom stereocenters. The molecule has 2 amide bonds. The summed E-state index contributed by atoms with van der Waals surface area (Å²) in [5.74, 6) is -2.29. The number of furan rings is 1. The van der Waals surface area contributed by atoms with Crippen molar-refractivity contribution in [3.63, 3.8) is 0 Å². The zero-order valence-electron chi connectivity index (χ0n) is 19.1.